The molecule has 9 heteroatoms. The number of rotatable bonds is 5. The molecule has 0 unspecified atom stereocenters. The number of phenols is 1. The van der Waals surface area contributed by atoms with Gasteiger partial charge in [0.1, 0.15) is 5.75 Å². The zero-order valence-corrected chi connectivity index (χ0v) is 12.1. The maximum Gasteiger partial charge on any atom is 0.264 e. The number of phenolic OH excluding ortho intramolecular Hbond substituents is 1. The molecule has 0 aliphatic heterocycles. The molecule has 0 saturated carbocycles. The van der Waals surface area contributed by atoms with Crippen LogP contribution in [0.25, 0.3) is 0 Å². The van der Waals surface area contributed by atoms with Gasteiger partial charge < -0.3 is 14.6 Å². The van der Waals surface area contributed by atoms with Crippen LogP contribution in [0, 0.1) is 0 Å². The minimum absolute atomic E-state index is 0.0340. The molecule has 2 rings (SSSR count). The van der Waals surface area contributed by atoms with Crippen molar-refractivity contribution in [2.24, 2.45) is 0 Å². The summed E-state index contributed by atoms with van der Waals surface area (Å²) in [7, 11) is -1.10. The van der Waals surface area contributed by atoms with Crippen molar-refractivity contribution < 1.29 is 23.0 Å². The Balaban J connectivity index is 2.34. The van der Waals surface area contributed by atoms with Crippen molar-refractivity contribution in [3.63, 3.8) is 0 Å². The summed E-state index contributed by atoms with van der Waals surface area (Å²) in [6.07, 6.45) is 0. The van der Waals surface area contributed by atoms with E-state index in [0.29, 0.717) is 0 Å². The number of aromatic nitrogens is 2. The molecule has 0 saturated heterocycles. The third-order valence-electron chi connectivity index (χ3n) is 2.47. The van der Waals surface area contributed by atoms with E-state index in [-0.39, 0.29) is 28.4 Å². The average molecular weight is 311 g/mol. The van der Waals surface area contributed by atoms with Crippen molar-refractivity contribution in [2.45, 2.75) is 4.90 Å². The molecule has 1 aromatic heterocycles. The van der Waals surface area contributed by atoms with Crippen molar-refractivity contribution in [2.75, 3.05) is 18.9 Å². The molecule has 21 heavy (non-hydrogen) atoms. The molecule has 1 aromatic carbocycles. The summed E-state index contributed by atoms with van der Waals surface area (Å²) in [6.45, 7) is 0. The van der Waals surface area contributed by atoms with Gasteiger partial charge in [0.15, 0.2) is 0 Å². The first-order valence-corrected chi connectivity index (χ1v) is 7.22. The van der Waals surface area contributed by atoms with Gasteiger partial charge in [-0.25, -0.2) is 13.1 Å². The number of sulfonamides is 1. The van der Waals surface area contributed by atoms with Crippen molar-refractivity contribution in [3.05, 3.63) is 30.3 Å². The Bertz CT molecular complexity index is 709. The Morgan fingerprint density at radius 3 is 2.05 bits per heavy atom. The van der Waals surface area contributed by atoms with E-state index < -0.39 is 10.0 Å². The molecular formula is C12H13N3O5S. The summed E-state index contributed by atoms with van der Waals surface area (Å²) in [5.74, 6) is 0.100. The SMILES string of the molecule is COc1cc(OC)nc(NS(=O)(=O)c2ccc(O)cc2)n1. The Morgan fingerprint density at radius 1 is 1.05 bits per heavy atom. The van der Waals surface area contributed by atoms with Crippen LogP contribution in [-0.4, -0.2) is 37.7 Å². The van der Waals surface area contributed by atoms with E-state index >= 15 is 0 Å². The fourth-order valence-electron chi connectivity index (χ4n) is 1.46. The lowest BCUT2D eigenvalue weighted by molar-refractivity contribution is 0.373. The number of ether oxygens (including phenoxy) is 2. The number of nitrogens with one attached hydrogen (secondary N) is 1. The highest BCUT2D eigenvalue weighted by molar-refractivity contribution is 7.92. The van der Waals surface area contributed by atoms with Crippen LogP contribution < -0.4 is 14.2 Å². The number of nitrogens with zero attached hydrogens (tertiary/aromatic N) is 2. The van der Waals surface area contributed by atoms with Gasteiger partial charge >= 0.3 is 0 Å². The molecular weight excluding hydrogens is 298 g/mol. The first-order valence-electron chi connectivity index (χ1n) is 5.73. The van der Waals surface area contributed by atoms with Crippen molar-refractivity contribution in [1.29, 1.82) is 0 Å². The molecule has 0 fully saturated rings. The maximum absolute atomic E-state index is 12.2. The molecule has 0 aliphatic rings. The molecule has 0 aliphatic carbocycles. The molecule has 0 spiro atoms. The molecule has 0 radical (unpaired) electrons. The first kappa shape index (κ1) is 14.9. The van der Waals surface area contributed by atoms with Crippen molar-refractivity contribution in [1.82, 2.24) is 9.97 Å². The quantitative estimate of drug-likeness (QED) is 0.847. The van der Waals surface area contributed by atoms with Crippen LogP contribution in [0.15, 0.2) is 35.2 Å². The van der Waals surface area contributed by atoms with Crippen LogP contribution in [-0.2, 0) is 10.0 Å². The Morgan fingerprint density at radius 2 is 1.57 bits per heavy atom. The number of methoxy groups -OCH3 is 2. The minimum Gasteiger partial charge on any atom is -0.508 e. The van der Waals surface area contributed by atoms with E-state index in [1.165, 1.54) is 44.6 Å². The zero-order chi connectivity index (χ0) is 15.5. The Labute approximate surface area is 121 Å². The van der Waals surface area contributed by atoms with Gasteiger partial charge in [0, 0.05) is 0 Å². The van der Waals surface area contributed by atoms with Crippen LogP contribution >= 0.6 is 0 Å². The smallest absolute Gasteiger partial charge is 0.264 e. The largest absolute Gasteiger partial charge is 0.508 e. The number of hydrogen-bond donors (Lipinski definition) is 2. The summed E-state index contributed by atoms with van der Waals surface area (Å²) in [5, 5.41) is 9.18. The second kappa shape index (κ2) is 5.83. The predicted octanol–water partition coefficient (Wildman–Crippen LogP) is 1.00. The van der Waals surface area contributed by atoms with Gasteiger partial charge in [-0.1, -0.05) is 0 Å². The van der Waals surface area contributed by atoms with E-state index in [9.17, 15) is 13.5 Å². The molecule has 0 atom stereocenters. The van der Waals surface area contributed by atoms with Crippen molar-refractivity contribution in [3.8, 4) is 17.5 Å². The molecule has 2 aromatic rings. The molecule has 2 N–H and O–H groups in total. The number of anilines is 1. The summed E-state index contributed by atoms with van der Waals surface area (Å²) >= 11 is 0. The Hall–Kier alpha value is -2.55. The third kappa shape index (κ3) is 3.51. The summed E-state index contributed by atoms with van der Waals surface area (Å²) in [4.78, 5) is 7.71. The van der Waals surface area contributed by atoms with E-state index in [2.05, 4.69) is 14.7 Å². The van der Waals surface area contributed by atoms with Crippen LogP contribution in [0.2, 0.25) is 0 Å². The normalized spacial score (nSPS) is 11.0. The summed E-state index contributed by atoms with van der Waals surface area (Å²) in [5.41, 5.74) is 0. The third-order valence-corrected chi connectivity index (χ3v) is 3.81. The van der Waals surface area contributed by atoms with Crippen LogP contribution in [0.1, 0.15) is 0 Å². The van der Waals surface area contributed by atoms with Gasteiger partial charge in [0.25, 0.3) is 10.0 Å². The standard InChI is InChI=1S/C12H13N3O5S/c1-19-10-7-11(20-2)14-12(13-10)15-21(17,18)9-5-3-8(16)4-6-9/h3-7,16H,1-2H3,(H,13,14,15). The van der Waals surface area contributed by atoms with E-state index in [4.69, 9.17) is 9.47 Å². The van der Waals surface area contributed by atoms with Crippen molar-refractivity contribution >= 4 is 16.0 Å². The lowest BCUT2D eigenvalue weighted by Gasteiger charge is -2.09. The van der Waals surface area contributed by atoms with E-state index in [0.717, 1.165) is 0 Å². The highest BCUT2D eigenvalue weighted by atomic mass is 32.2. The Kier molecular flexibility index (Phi) is 4.13. The lowest BCUT2D eigenvalue weighted by atomic mass is 10.3. The zero-order valence-electron chi connectivity index (χ0n) is 11.3. The van der Waals surface area contributed by atoms with Gasteiger partial charge in [-0.2, -0.15) is 9.97 Å². The molecule has 112 valence electrons. The van der Waals surface area contributed by atoms with E-state index in [1.54, 1.807) is 0 Å². The molecule has 1 heterocycles. The highest BCUT2D eigenvalue weighted by Gasteiger charge is 2.17. The monoisotopic (exact) mass is 311 g/mol. The first-order chi connectivity index (χ1) is 9.94. The maximum atomic E-state index is 12.2. The molecule has 0 bridgehead atoms. The lowest BCUT2D eigenvalue weighted by Crippen LogP contribution is -2.15. The fourth-order valence-corrected chi connectivity index (χ4v) is 2.41. The summed E-state index contributed by atoms with van der Waals surface area (Å²) < 4.78 is 36.4. The minimum atomic E-state index is -3.88. The second-order valence-electron chi connectivity index (χ2n) is 3.88. The number of hydrogen-bond acceptors (Lipinski definition) is 7. The molecule has 8 nitrogen and oxygen atoms in total. The average Bonchev–Trinajstić information content (AvgIpc) is 2.46. The van der Waals surface area contributed by atoms with Gasteiger partial charge in [0.05, 0.1) is 25.2 Å². The second-order valence-corrected chi connectivity index (χ2v) is 5.56. The van der Waals surface area contributed by atoms with Crippen LogP contribution in [0.5, 0.6) is 17.5 Å². The highest BCUT2D eigenvalue weighted by Crippen LogP contribution is 2.21. The van der Waals surface area contributed by atoms with Crippen LogP contribution in [0.4, 0.5) is 5.95 Å². The van der Waals surface area contributed by atoms with Gasteiger partial charge in [-0.05, 0) is 24.3 Å². The van der Waals surface area contributed by atoms with Crippen LogP contribution in [0.3, 0.4) is 0 Å². The van der Waals surface area contributed by atoms with E-state index in [1.807, 2.05) is 0 Å². The predicted molar refractivity (Wildman–Crippen MR) is 74.1 cm³/mol. The number of aromatic hydroxyl groups is 1. The topological polar surface area (TPSA) is 111 Å². The summed E-state index contributed by atoms with van der Waals surface area (Å²) in [6, 6.07) is 6.46. The molecule has 0 amide bonds. The van der Waals surface area contributed by atoms with Gasteiger partial charge in [-0.15, -0.1) is 0 Å². The van der Waals surface area contributed by atoms with Gasteiger partial charge in [0.2, 0.25) is 17.7 Å². The van der Waals surface area contributed by atoms with Gasteiger partial charge in [-0.3, -0.25) is 0 Å². The number of benzene rings is 1. The fraction of sp³-hybridized carbons (Fsp3) is 0.167.